The van der Waals surface area contributed by atoms with Gasteiger partial charge in [-0.25, -0.2) is 0 Å². The molecule has 1 aromatic carbocycles. The summed E-state index contributed by atoms with van der Waals surface area (Å²) in [5.74, 6) is 0.928. The van der Waals surface area contributed by atoms with Crippen molar-refractivity contribution in [2.45, 2.75) is 39.7 Å². The monoisotopic (exact) mass is 251 g/mol. The number of aryl methyl sites for hydroxylation is 2. The van der Waals surface area contributed by atoms with E-state index in [1.807, 2.05) is 19.9 Å². The lowest BCUT2D eigenvalue weighted by atomic mass is 10.00. The second-order valence-corrected chi connectivity index (χ2v) is 5.12. The van der Waals surface area contributed by atoms with E-state index in [4.69, 9.17) is 4.74 Å². The molecule has 0 heterocycles. The molecule has 0 spiro atoms. The number of likely N-dealkylation sites (N-methyl/N-ethyl adjacent to an activating group) is 1. The third kappa shape index (κ3) is 4.31. The molecule has 1 rings (SSSR count). The predicted octanol–water partition coefficient (Wildman–Crippen LogP) is 2.43. The van der Waals surface area contributed by atoms with Gasteiger partial charge >= 0.3 is 0 Å². The lowest BCUT2D eigenvalue weighted by molar-refractivity contribution is 0.145. The maximum Gasteiger partial charge on any atom is 0.122 e. The summed E-state index contributed by atoms with van der Waals surface area (Å²) in [6.07, 6.45) is 0.782. The summed E-state index contributed by atoms with van der Waals surface area (Å²) < 4.78 is 5.78. The number of rotatable bonds is 7. The molecule has 1 aromatic rings. The second-order valence-electron chi connectivity index (χ2n) is 5.12. The van der Waals surface area contributed by atoms with Crippen molar-refractivity contribution in [3.05, 3.63) is 29.3 Å². The van der Waals surface area contributed by atoms with Crippen molar-refractivity contribution in [2.24, 2.45) is 0 Å². The van der Waals surface area contributed by atoms with Crippen molar-refractivity contribution >= 4 is 0 Å². The topological polar surface area (TPSA) is 41.5 Å². The average Bonchev–Trinajstić information content (AvgIpc) is 2.32. The van der Waals surface area contributed by atoms with E-state index in [2.05, 4.69) is 31.3 Å². The lowest BCUT2D eigenvalue weighted by Gasteiger charge is -2.28. The van der Waals surface area contributed by atoms with Gasteiger partial charge in [0.1, 0.15) is 5.75 Å². The summed E-state index contributed by atoms with van der Waals surface area (Å²) in [7, 11) is 0. The molecule has 0 fully saturated rings. The normalized spacial score (nSPS) is 14.3. The van der Waals surface area contributed by atoms with Crippen LogP contribution in [0.4, 0.5) is 0 Å². The van der Waals surface area contributed by atoms with E-state index in [9.17, 15) is 5.11 Å². The maximum atomic E-state index is 9.39. The van der Waals surface area contributed by atoms with Gasteiger partial charge in [-0.2, -0.15) is 0 Å². The van der Waals surface area contributed by atoms with E-state index < -0.39 is 0 Å². The van der Waals surface area contributed by atoms with Crippen molar-refractivity contribution in [3.63, 3.8) is 0 Å². The van der Waals surface area contributed by atoms with Crippen LogP contribution in [0.2, 0.25) is 0 Å². The van der Waals surface area contributed by atoms with Gasteiger partial charge in [0.2, 0.25) is 0 Å². The first-order chi connectivity index (χ1) is 8.50. The molecule has 0 radical (unpaired) electrons. The first kappa shape index (κ1) is 15.0. The van der Waals surface area contributed by atoms with Crippen molar-refractivity contribution in [2.75, 3.05) is 19.8 Å². The van der Waals surface area contributed by atoms with Crippen LogP contribution in [0, 0.1) is 13.8 Å². The highest BCUT2D eigenvalue weighted by Gasteiger charge is 2.21. The molecule has 102 valence electrons. The molecule has 18 heavy (non-hydrogen) atoms. The van der Waals surface area contributed by atoms with Crippen LogP contribution >= 0.6 is 0 Å². The third-order valence-electron chi connectivity index (χ3n) is 3.19. The van der Waals surface area contributed by atoms with Crippen molar-refractivity contribution in [3.8, 4) is 5.75 Å². The molecule has 3 heteroatoms. The molecule has 0 aromatic heterocycles. The first-order valence-electron chi connectivity index (χ1n) is 6.56. The largest absolute Gasteiger partial charge is 0.493 e. The van der Waals surface area contributed by atoms with Gasteiger partial charge < -0.3 is 15.2 Å². The summed E-state index contributed by atoms with van der Waals surface area (Å²) in [5.41, 5.74) is 2.14. The Hall–Kier alpha value is -1.06. The van der Waals surface area contributed by atoms with Gasteiger partial charge in [-0.15, -0.1) is 0 Å². The van der Waals surface area contributed by atoms with Crippen molar-refractivity contribution in [1.29, 1.82) is 0 Å². The zero-order chi connectivity index (χ0) is 13.6. The highest BCUT2D eigenvalue weighted by molar-refractivity contribution is 5.35. The van der Waals surface area contributed by atoms with Crippen LogP contribution in [0.3, 0.4) is 0 Å². The lowest BCUT2D eigenvalue weighted by Crippen LogP contribution is -2.46. The molecule has 3 nitrogen and oxygen atoms in total. The van der Waals surface area contributed by atoms with E-state index >= 15 is 0 Å². The van der Waals surface area contributed by atoms with Gasteiger partial charge in [-0.3, -0.25) is 0 Å². The van der Waals surface area contributed by atoms with E-state index in [0.717, 1.165) is 24.3 Å². The van der Waals surface area contributed by atoms with E-state index in [1.54, 1.807) is 0 Å². The molecule has 2 N–H and O–H groups in total. The van der Waals surface area contributed by atoms with Gasteiger partial charge in [-0.1, -0.05) is 24.6 Å². The standard InChI is InChI=1S/C15H25NO2/c1-5-16-15(4,11-17)8-9-18-14-7-6-12(2)10-13(14)3/h6-7,10,16-17H,5,8-9,11H2,1-4H3. The molecule has 0 saturated carbocycles. The van der Waals surface area contributed by atoms with Crippen LogP contribution in [0.1, 0.15) is 31.4 Å². The second kappa shape index (κ2) is 6.76. The minimum atomic E-state index is -0.257. The van der Waals surface area contributed by atoms with Gasteiger partial charge in [-0.05, 0) is 38.9 Å². The molecular formula is C15H25NO2. The summed E-state index contributed by atoms with van der Waals surface area (Å²) in [6, 6.07) is 6.18. The van der Waals surface area contributed by atoms with Crippen LogP contribution in [0.15, 0.2) is 18.2 Å². The number of hydrogen-bond donors (Lipinski definition) is 2. The van der Waals surface area contributed by atoms with E-state index in [0.29, 0.717) is 6.61 Å². The van der Waals surface area contributed by atoms with Crippen LogP contribution in [-0.4, -0.2) is 30.4 Å². The predicted molar refractivity (Wildman–Crippen MR) is 75.2 cm³/mol. The Balaban J connectivity index is 2.50. The Labute approximate surface area is 110 Å². The Morgan fingerprint density at radius 1 is 1.33 bits per heavy atom. The number of ether oxygens (including phenoxy) is 1. The van der Waals surface area contributed by atoms with Crippen LogP contribution < -0.4 is 10.1 Å². The number of nitrogens with one attached hydrogen (secondary N) is 1. The fraction of sp³-hybridized carbons (Fsp3) is 0.600. The summed E-state index contributed by atoms with van der Waals surface area (Å²) in [4.78, 5) is 0. The molecule has 0 bridgehead atoms. The quantitative estimate of drug-likeness (QED) is 0.782. The van der Waals surface area contributed by atoms with Crippen LogP contribution in [-0.2, 0) is 0 Å². The van der Waals surface area contributed by atoms with Crippen molar-refractivity contribution < 1.29 is 9.84 Å². The highest BCUT2D eigenvalue weighted by atomic mass is 16.5. The fourth-order valence-electron chi connectivity index (χ4n) is 2.00. The Morgan fingerprint density at radius 2 is 2.06 bits per heavy atom. The Morgan fingerprint density at radius 3 is 2.61 bits per heavy atom. The molecule has 1 atom stereocenters. The van der Waals surface area contributed by atoms with Gasteiger partial charge in [0.15, 0.2) is 0 Å². The van der Waals surface area contributed by atoms with Gasteiger partial charge in [0.05, 0.1) is 13.2 Å². The number of aliphatic hydroxyl groups excluding tert-OH is 1. The minimum absolute atomic E-state index is 0.122. The van der Waals surface area contributed by atoms with E-state index in [-0.39, 0.29) is 12.1 Å². The minimum Gasteiger partial charge on any atom is -0.493 e. The smallest absolute Gasteiger partial charge is 0.122 e. The first-order valence-corrected chi connectivity index (χ1v) is 6.56. The van der Waals surface area contributed by atoms with Crippen molar-refractivity contribution in [1.82, 2.24) is 5.32 Å². The fourth-order valence-corrected chi connectivity index (χ4v) is 2.00. The molecule has 1 unspecified atom stereocenters. The highest BCUT2D eigenvalue weighted by Crippen LogP contribution is 2.19. The number of aliphatic hydroxyl groups is 1. The Bertz CT molecular complexity index is 379. The zero-order valence-electron chi connectivity index (χ0n) is 11.9. The number of hydrogen-bond acceptors (Lipinski definition) is 3. The van der Waals surface area contributed by atoms with Crippen LogP contribution in [0.5, 0.6) is 5.75 Å². The SMILES string of the molecule is CCNC(C)(CO)CCOc1ccc(C)cc1C. The summed E-state index contributed by atoms with van der Waals surface area (Å²) in [6.45, 7) is 9.76. The molecule has 0 amide bonds. The van der Waals surface area contributed by atoms with Gasteiger partial charge in [0.25, 0.3) is 0 Å². The molecular weight excluding hydrogens is 226 g/mol. The third-order valence-corrected chi connectivity index (χ3v) is 3.19. The molecule has 0 aliphatic rings. The maximum absolute atomic E-state index is 9.39. The molecule has 0 saturated heterocycles. The Kier molecular flexibility index (Phi) is 5.63. The molecule has 0 aliphatic carbocycles. The number of benzene rings is 1. The van der Waals surface area contributed by atoms with Crippen LogP contribution in [0.25, 0.3) is 0 Å². The molecule has 0 aliphatic heterocycles. The summed E-state index contributed by atoms with van der Waals surface area (Å²) in [5, 5.41) is 12.7. The van der Waals surface area contributed by atoms with Gasteiger partial charge in [0, 0.05) is 12.0 Å². The van der Waals surface area contributed by atoms with E-state index in [1.165, 1.54) is 5.56 Å². The zero-order valence-corrected chi connectivity index (χ0v) is 11.9. The average molecular weight is 251 g/mol. The summed E-state index contributed by atoms with van der Waals surface area (Å²) >= 11 is 0.